The number of amides is 3. The van der Waals surface area contributed by atoms with E-state index in [0.717, 1.165) is 22.0 Å². The second kappa shape index (κ2) is 7.69. The zero-order valence-corrected chi connectivity index (χ0v) is 14.0. The zero-order valence-electron chi connectivity index (χ0n) is 14.0. The fraction of sp³-hybridized carbons (Fsp3) is 0.158. The van der Waals surface area contributed by atoms with Gasteiger partial charge in [-0.3, -0.25) is 4.79 Å². The largest absolute Gasteiger partial charge is 0.361 e. The Morgan fingerprint density at radius 3 is 2.58 bits per heavy atom. The molecule has 134 valence electrons. The van der Waals surface area contributed by atoms with E-state index < -0.39 is 12.1 Å². The Labute approximate surface area is 149 Å². The summed E-state index contributed by atoms with van der Waals surface area (Å²) < 4.78 is 12.9. The van der Waals surface area contributed by atoms with Crippen LogP contribution in [-0.2, 0) is 17.8 Å². The van der Waals surface area contributed by atoms with Gasteiger partial charge in [-0.15, -0.1) is 0 Å². The van der Waals surface area contributed by atoms with E-state index in [1.165, 1.54) is 12.1 Å². The number of rotatable bonds is 6. The number of urea groups is 1. The first-order valence-electron chi connectivity index (χ1n) is 8.16. The average molecular weight is 354 g/mol. The van der Waals surface area contributed by atoms with Crippen LogP contribution in [0.25, 0.3) is 10.9 Å². The molecule has 0 bridgehead atoms. The number of nitrogens with one attached hydrogen (secondary N) is 3. The van der Waals surface area contributed by atoms with Crippen molar-refractivity contribution in [3.8, 4) is 0 Å². The Hall–Kier alpha value is -3.35. The number of aromatic amines is 1. The summed E-state index contributed by atoms with van der Waals surface area (Å²) in [5.74, 6) is -0.703. The maximum atomic E-state index is 12.9. The number of fused-ring (bicyclic) bond motifs is 1. The fourth-order valence-electron chi connectivity index (χ4n) is 2.82. The number of nitrogens with two attached hydrogens (primary N) is 1. The van der Waals surface area contributed by atoms with Gasteiger partial charge >= 0.3 is 6.03 Å². The topological polar surface area (TPSA) is 100 Å². The van der Waals surface area contributed by atoms with E-state index in [4.69, 9.17) is 5.73 Å². The van der Waals surface area contributed by atoms with Gasteiger partial charge in [-0.25, -0.2) is 9.18 Å². The summed E-state index contributed by atoms with van der Waals surface area (Å²) in [7, 11) is 0. The highest BCUT2D eigenvalue weighted by atomic mass is 19.1. The predicted molar refractivity (Wildman–Crippen MR) is 96.8 cm³/mol. The molecule has 3 amide bonds. The standard InChI is InChI=1S/C19H19FN4O2/c20-14-7-5-12(6-8-14)10-23-18(25)17(24-19(21)26)9-13-11-22-16-4-2-1-3-15(13)16/h1-8,11,17,22H,9-10H2,(H,23,25)(H3,21,24,26)/t17-/m0/s1. The maximum absolute atomic E-state index is 12.9. The van der Waals surface area contributed by atoms with Crippen LogP contribution >= 0.6 is 0 Å². The summed E-state index contributed by atoms with van der Waals surface area (Å²) in [5, 5.41) is 6.21. The lowest BCUT2D eigenvalue weighted by Crippen LogP contribution is -2.49. The summed E-state index contributed by atoms with van der Waals surface area (Å²) >= 11 is 0. The molecule has 0 aliphatic heterocycles. The minimum Gasteiger partial charge on any atom is -0.361 e. The van der Waals surface area contributed by atoms with Crippen LogP contribution < -0.4 is 16.4 Å². The Kier molecular flexibility index (Phi) is 5.17. The molecule has 1 aromatic heterocycles. The molecule has 0 fully saturated rings. The van der Waals surface area contributed by atoms with Crippen molar-refractivity contribution >= 4 is 22.8 Å². The highest BCUT2D eigenvalue weighted by Gasteiger charge is 2.21. The molecular weight excluding hydrogens is 335 g/mol. The quantitative estimate of drug-likeness (QED) is 0.546. The van der Waals surface area contributed by atoms with Gasteiger partial charge in [0.2, 0.25) is 5.91 Å². The van der Waals surface area contributed by atoms with Gasteiger partial charge in [0.05, 0.1) is 0 Å². The lowest BCUT2D eigenvalue weighted by Gasteiger charge is -2.17. The molecule has 0 spiro atoms. The molecule has 7 heteroatoms. The van der Waals surface area contributed by atoms with E-state index in [1.54, 1.807) is 12.1 Å². The molecule has 0 saturated carbocycles. The number of primary amides is 1. The van der Waals surface area contributed by atoms with Crippen LogP contribution in [-0.4, -0.2) is 23.0 Å². The van der Waals surface area contributed by atoms with Crippen molar-refractivity contribution in [2.24, 2.45) is 5.73 Å². The monoisotopic (exact) mass is 354 g/mol. The Bertz CT molecular complexity index is 921. The molecule has 0 aliphatic rings. The van der Waals surface area contributed by atoms with E-state index in [2.05, 4.69) is 15.6 Å². The first-order chi connectivity index (χ1) is 12.5. The van der Waals surface area contributed by atoms with Crippen molar-refractivity contribution in [1.82, 2.24) is 15.6 Å². The predicted octanol–water partition coefficient (Wildman–Crippen LogP) is 2.20. The Morgan fingerprint density at radius 1 is 1.12 bits per heavy atom. The zero-order chi connectivity index (χ0) is 18.5. The van der Waals surface area contributed by atoms with Crippen molar-refractivity contribution in [3.63, 3.8) is 0 Å². The van der Waals surface area contributed by atoms with Gasteiger partial charge in [0.25, 0.3) is 0 Å². The molecule has 3 aromatic rings. The number of carbonyl (C=O) groups is 2. The Morgan fingerprint density at radius 2 is 1.85 bits per heavy atom. The Balaban J connectivity index is 1.71. The first kappa shape index (κ1) is 17.5. The van der Waals surface area contributed by atoms with Crippen molar-refractivity contribution in [1.29, 1.82) is 0 Å². The minimum atomic E-state index is -0.813. The molecule has 0 radical (unpaired) electrons. The number of benzene rings is 2. The molecular formula is C19H19FN4O2. The second-order valence-electron chi connectivity index (χ2n) is 5.97. The summed E-state index contributed by atoms with van der Waals surface area (Å²) in [4.78, 5) is 27.0. The summed E-state index contributed by atoms with van der Waals surface area (Å²) in [5.41, 5.74) is 7.82. The van der Waals surface area contributed by atoms with Gasteiger partial charge in [0.15, 0.2) is 0 Å². The van der Waals surface area contributed by atoms with E-state index in [1.807, 2.05) is 30.5 Å². The van der Waals surface area contributed by atoms with Crippen molar-refractivity contribution in [2.75, 3.05) is 0 Å². The van der Waals surface area contributed by atoms with Crippen LogP contribution in [0, 0.1) is 5.82 Å². The van der Waals surface area contributed by atoms with E-state index in [9.17, 15) is 14.0 Å². The molecule has 2 aromatic carbocycles. The van der Waals surface area contributed by atoms with Crippen LogP contribution in [0.4, 0.5) is 9.18 Å². The summed E-state index contributed by atoms with van der Waals surface area (Å²) in [6.07, 6.45) is 2.11. The minimum absolute atomic E-state index is 0.226. The summed E-state index contributed by atoms with van der Waals surface area (Å²) in [6.45, 7) is 0.226. The molecule has 0 aliphatic carbocycles. The third kappa shape index (κ3) is 4.18. The highest BCUT2D eigenvalue weighted by Crippen LogP contribution is 2.19. The highest BCUT2D eigenvalue weighted by molar-refractivity contribution is 5.88. The SMILES string of the molecule is NC(=O)N[C@@H](Cc1c[nH]c2ccccc12)C(=O)NCc1ccc(F)cc1. The van der Waals surface area contributed by atoms with Crippen LogP contribution in [0.15, 0.2) is 54.7 Å². The third-order valence-corrected chi connectivity index (χ3v) is 4.11. The lowest BCUT2D eigenvalue weighted by molar-refractivity contribution is -0.123. The van der Waals surface area contributed by atoms with Gasteiger partial charge in [0, 0.05) is 30.1 Å². The second-order valence-corrected chi connectivity index (χ2v) is 5.97. The van der Waals surface area contributed by atoms with Crippen molar-refractivity contribution in [2.45, 2.75) is 19.0 Å². The van der Waals surface area contributed by atoms with Crippen molar-refractivity contribution < 1.29 is 14.0 Å². The van der Waals surface area contributed by atoms with Crippen LogP contribution in [0.5, 0.6) is 0 Å². The van der Waals surface area contributed by atoms with Gasteiger partial charge in [-0.2, -0.15) is 0 Å². The van der Waals surface area contributed by atoms with Crippen LogP contribution in [0.1, 0.15) is 11.1 Å². The number of H-pyrrole nitrogens is 1. The number of para-hydroxylation sites is 1. The molecule has 26 heavy (non-hydrogen) atoms. The number of hydrogen-bond donors (Lipinski definition) is 4. The molecule has 3 rings (SSSR count). The lowest BCUT2D eigenvalue weighted by atomic mass is 10.0. The van der Waals surface area contributed by atoms with Gasteiger partial charge < -0.3 is 21.4 Å². The van der Waals surface area contributed by atoms with Crippen LogP contribution in [0.2, 0.25) is 0 Å². The van der Waals surface area contributed by atoms with Crippen LogP contribution in [0.3, 0.4) is 0 Å². The number of carbonyl (C=O) groups excluding carboxylic acids is 2. The molecule has 5 N–H and O–H groups in total. The summed E-state index contributed by atoms with van der Waals surface area (Å²) in [6, 6.07) is 11.9. The number of aromatic nitrogens is 1. The molecule has 0 saturated heterocycles. The third-order valence-electron chi connectivity index (χ3n) is 4.11. The van der Waals surface area contributed by atoms with Gasteiger partial charge in [0.1, 0.15) is 11.9 Å². The smallest absolute Gasteiger partial charge is 0.312 e. The van der Waals surface area contributed by atoms with E-state index in [0.29, 0.717) is 6.42 Å². The fourth-order valence-corrected chi connectivity index (χ4v) is 2.82. The molecule has 0 unspecified atom stereocenters. The van der Waals surface area contributed by atoms with E-state index >= 15 is 0 Å². The molecule has 1 heterocycles. The normalized spacial score (nSPS) is 11.9. The first-order valence-corrected chi connectivity index (χ1v) is 8.16. The molecule has 1 atom stereocenters. The van der Waals surface area contributed by atoms with Gasteiger partial charge in [-0.05, 0) is 29.3 Å². The number of halogens is 1. The van der Waals surface area contributed by atoms with E-state index in [-0.39, 0.29) is 18.3 Å². The average Bonchev–Trinajstić information content (AvgIpc) is 3.03. The number of hydrogen-bond acceptors (Lipinski definition) is 2. The van der Waals surface area contributed by atoms with Gasteiger partial charge in [-0.1, -0.05) is 30.3 Å². The maximum Gasteiger partial charge on any atom is 0.312 e. The van der Waals surface area contributed by atoms with Crippen molar-refractivity contribution in [3.05, 3.63) is 71.7 Å². The molecule has 6 nitrogen and oxygen atoms in total.